The number of hydrogen-bond donors (Lipinski definition) is 2. The number of hydrogen-bond acceptors (Lipinski definition) is 3. The average molecular weight is 262 g/mol. The molecule has 1 aliphatic heterocycles. The second-order valence-electron chi connectivity index (χ2n) is 5.55. The second-order valence-corrected chi connectivity index (χ2v) is 5.55. The van der Waals surface area contributed by atoms with Crippen molar-refractivity contribution in [2.75, 3.05) is 18.4 Å². The van der Waals surface area contributed by atoms with Gasteiger partial charge >= 0.3 is 5.97 Å². The first-order chi connectivity index (χ1) is 8.97. The number of aryl methyl sites for hydroxylation is 1. The number of nitrogens with one attached hydrogen (secondary N) is 1. The number of nitrogens with zero attached hydrogens (tertiary/aromatic N) is 1. The summed E-state index contributed by atoms with van der Waals surface area (Å²) in [6, 6.07) is 6.22. The van der Waals surface area contributed by atoms with Gasteiger partial charge in [-0.05, 0) is 44.9 Å². The van der Waals surface area contributed by atoms with Crippen molar-refractivity contribution in [3.05, 3.63) is 29.3 Å². The molecule has 0 saturated carbocycles. The van der Waals surface area contributed by atoms with Crippen LogP contribution in [0.4, 0.5) is 5.69 Å². The van der Waals surface area contributed by atoms with Crippen LogP contribution in [-0.4, -0.2) is 41.1 Å². The van der Waals surface area contributed by atoms with Gasteiger partial charge in [-0.3, -0.25) is 4.90 Å². The highest BCUT2D eigenvalue weighted by molar-refractivity contribution is 5.89. The Morgan fingerprint density at radius 1 is 1.47 bits per heavy atom. The van der Waals surface area contributed by atoms with E-state index in [1.54, 1.807) is 12.1 Å². The van der Waals surface area contributed by atoms with Gasteiger partial charge in [0.15, 0.2) is 0 Å². The first kappa shape index (κ1) is 13.9. The van der Waals surface area contributed by atoms with Gasteiger partial charge in [-0.1, -0.05) is 6.07 Å². The van der Waals surface area contributed by atoms with Crippen LogP contribution in [0.2, 0.25) is 0 Å². The summed E-state index contributed by atoms with van der Waals surface area (Å²) in [6.45, 7) is 8.54. The number of rotatable bonds is 4. The fraction of sp³-hybridized carbons (Fsp3) is 0.533. The third-order valence-corrected chi connectivity index (χ3v) is 3.79. The Kier molecular flexibility index (Phi) is 4.10. The quantitative estimate of drug-likeness (QED) is 0.875. The normalized spacial score (nSPS) is 19.9. The maximum absolute atomic E-state index is 11.0. The smallest absolute Gasteiger partial charge is 0.335 e. The zero-order valence-corrected chi connectivity index (χ0v) is 11.8. The zero-order valence-electron chi connectivity index (χ0n) is 11.8. The Balaban J connectivity index is 2.07. The molecule has 0 bridgehead atoms. The van der Waals surface area contributed by atoms with E-state index in [2.05, 4.69) is 24.1 Å². The molecule has 2 rings (SSSR count). The van der Waals surface area contributed by atoms with Gasteiger partial charge in [0.2, 0.25) is 0 Å². The first-order valence-corrected chi connectivity index (χ1v) is 6.82. The standard InChI is InChI=1S/C15H22N2O2/c1-10(2)17-7-6-13(9-17)16-14-8-12(15(18)19)5-4-11(14)3/h4-5,8,10,13,16H,6-7,9H2,1-3H3,(H,18,19). The summed E-state index contributed by atoms with van der Waals surface area (Å²) in [5, 5.41) is 12.5. The second kappa shape index (κ2) is 5.61. The lowest BCUT2D eigenvalue weighted by molar-refractivity contribution is 0.0697. The lowest BCUT2D eigenvalue weighted by Gasteiger charge is -2.21. The van der Waals surface area contributed by atoms with Gasteiger partial charge < -0.3 is 10.4 Å². The highest BCUT2D eigenvalue weighted by Crippen LogP contribution is 2.22. The van der Waals surface area contributed by atoms with E-state index in [0.717, 1.165) is 30.8 Å². The van der Waals surface area contributed by atoms with Crippen LogP contribution in [0.1, 0.15) is 36.2 Å². The van der Waals surface area contributed by atoms with E-state index in [-0.39, 0.29) is 0 Å². The number of carboxylic acid groups (broad SMARTS) is 1. The van der Waals surface area contributed by atoms with E-state index in [4.69, 9.17) is 5.11 Å². The number of carbonyl (C=O) groups is 1. The predicted octanol–water partition coefficient (Wildman–Crippen LogP) is 2.59. The van der Waals surface area contributed by atoms with Gasteiger partial charge in [-0.25, -0.2) is 4.79 Å². The molecule has 1 heterocycles. The van der Waals surface area contributed by atoms with Gasteiger partial charge in [-0.15, -0.1) is 0 Å². The molecule has 1 unspecified atom stereocenters. The molecule has 0 spiro atoms. The summed E-state index contributed by atoms with van der Waals surface area (Å²) >= 11 is 0. The molecule has 1 atom stereocenters. The highest BCUT2D eigenvalue weighted by Gasteiger charge is 2.24. The molecule has 1 aromatic carbocycles. The van der Waals surface area contributed by atoms with E-state index in [9.17, 15) is 4.79 Å². The number of carboxylic acids is 1. The Hall–Kier alpha value is -1.55. The van der Waals surface area contributed by atoms with Crippen molar-refractivity contribution in [3.8, 4) is 0 Å². The monoisotopic (exact) mass is 262 g/mol. The highest BCUT2D eigenvalue weighted by atomic mass is 16.4. The van der Waals surface area contributed by atoms with E-state index in [1.165, 1.54) is 0 Å². The molecule has 1 fully saturated rings. The van der Waals surface area contributed by atoms with Crippen molar-refractivity contribution in [2.45, 2.75) is 39.3 Å². The molecular formula is C15H22N2O2. The molecule has 2 N–H and O–H groups in total. The molecule has 4 nitrogen and oxygen atoms in total. The first-order valence-electron chi connectivity index (χ1n) is 6.82. The fourth-order valence-electron chi connectivity index (χ4n) is 2.50. The third kappa shape index (κ3) is 3.26. The molecule has 0 aromatic heterocycles. The van der Waals surface area contributed by atoms with Crippen LogP contribution in [0.25, 0.3) is 0 Å². The molecule has 19 heavy (non-hydrogen) atoms. The molecule has 0 amide bonds. The summed E-state index contributed by atoms with van der Waals surface area (Å²) in [5.41, 5.74) is 2.37. The fourth-order valence-corrected chi connectivity index (χ4v) is 2.50. The molecule has 4 heteroatoms. The summed E-state index contributed by atoms with van der Waals surface area (Å²) < 4.78 is 0. The van der Waals surface area contributed by atoms with Gasteiger partial charge in [0.05, 0.1) is 5.56 Å². The molecule has 1 aromatic rings. The minimum absolute atomic E-state index is 0.340. The maximum atomic E-state index is 11.0. The summed E-state index contributed by atoms with van der Waals surface area (Å²) in [4.78, 5) is 13.4. The molecular weight excluding hydrogens is 240 g/mol. The largest absolute Gasteiger partial charge is 0.478 e. The molecule has 1 aliphatic rings. The van der Waals surface area contributed by atoms with Crippen molar-refractivity contribution in [1.29, 1.82) is 0 Å². The SMILES string of the molecule is Cc1ccc(C(=O)O)cc1NC1CCN(C(C)C)C1. The average Bonchev–Trinajstić information content (AvgIpc) is 2.80. The molecule has 0 radical (unpaired) electrons. The molecule has 104 valence electrons. The van der Waals surface area contributed by atoms with Gasteiger partial charge in [0, 0.05) is 30.9 Å². The van der Waals surface area contributed by atoms with Crippen molar-refractivity contribution in [2.24, 2.45) is 0 Å². The number of benzene rings is 1. The van der Waals surface area contributed by atoms with E-state index in [0.29, 0.717) is 17.6 Å². The van der Waals surface area contributed by atoms with Gasteiger partial charge in [-0.2, -0.15) is 0 Å². The Bertz CT molecular complexity index is 471. The zero-order chi connectivity index (χ0) is 14.0. The van der Waals surface area contributed by atoms with Crippen LogP contribution in [0.15, 0.2) is 18.2 Å². The van der Waals surface area contributed by atoms with Crippen molar-refractivity contribution in [3.63, 3.8) is 0 Å². The van der Waals surface area contributed by atoms with Crippen LogP contribution in [0.3, 0.4) is 0 Å². The summed E-state index contributed by atoms with van der Waals surface area (Å²) in [7, 11) is 0. The van der Waals surface area contributed by atoms with Crippen LogP contribution in [0.5, 0.6) is 0 Å². The van der Waals surface area contributed by atoms with Crippen molar-refractivity contribution < 1.29 is 9.90 Å². The van der Waals surface area contributed by atoms with Crippen molar-refractivity contribution in [1.82, 2.24) is 4.90 Å². The molecule has 0 aliphatic carbocycles. The van der Waals surface area contributed by atoms with Crippen LogP contribution in [0, 0.1) is 6.92 Å². The van der Waals surface area contributed by atoms with Gasteiger partial charge in [0.25, 0.3) is 0 Å². The van der Waals surface area contributed by atoms with E-state index >= 15 is 0 Å². The maximum Gasteiger partial charge on any atom is 0.335 e. The number of aromatic carboxylic acids is 1. The minimum Gasteiger partial charge on any atom is -0.478 e. The van der Waals surface area contributed by atoms with Crippen LogP contribution >= 0.6 is 0 Å². The Morgan fingerprint density at radius 2 is 2.21 bits per heavy atom. The van der Waals surface area contributed by atoms with E-state index in [1.807, 2.05) is 13.0 Å². The predicted molar refractivity (Wildman–Crippen MR) is 76.9 cm³/mol. The van der Waals surface area contributed by atoms with Crippen LogP contribution < -0.4 is 5.32 Å². The number of anilines is 1. The lowest BCUT2D eigenvalue weighted by Crippen LogP contribution is -2.31. The lowest BCUT2D eigenvalue weighted by atomic mass is 10.1. The topological polar surface area (TPSA) is 52.6 Å². The third-order valence-electron chi connectivity index (χ3n) is 3.79. The Labute approximate surface area is 114 Å². The minimum atomic E-state index is -0.877. The van der Waals surface area contributed by atoms with E-state index < -0.39 is 5.97 Å². The number of likely N-dealkylation sites (tertiary alicyclic amines) is 1. The van der Waals surface area contributed by atoms with Crippen molar-refractivity contribution >= 4 is 11.7 Å². The summed E-state index contributed by atoms with van der Waals surface area (Å²) in [6.07, 6.45) is 1.11. The van der Waals surface area contributed by atoms with Crippen LogP contribution in [-0.2, 0) is 0 Å². The Morgan fingerprint density at radius 3 is 2.79 bits per heavy atom. The molecule has 1 saturated heterocycles. The summed E-state index contributed by atoms with van der Waals surface area (Å²) in [5.74, 6) is -0.877. The van der Waals surface area contributed by atoms with Gasteiger partial charge in [0.1, 0.15) is 0 Å².